The lowest BCUT2D eigenvalue weighted by Crippen LogP contribution is -2.04. The number of benzene rings is 3. The molecule has 34 heavy (non-hydrogen) atoms. The van der Waals surface area contributed by atoms with Crippen LogP contribution in [0.25, 0.3) is 44.2 Å². The van der Waals surface area contributed by atoms with Crippen LogP contribution < -0.4 is 4.74 Å². The summed E-state index contributed by atoms with van der Waals surface area (Å²) < 4.78 is 14.8. The van der Waals surface area contributed by atoms with Crippen LogP contribution in [-0.4, -0.2) is 39.1 Å². The van der Waals surface area contributed by atoms with E-state index in [-0.39, 0.29) is 5.75 Å². The number of carbonyl (C=O) groups is 1. The van der Waals surface area contributed by atoms with Gasteiger partial charge >= 0.3 is 6.16 Å². The summed E-state index contributed by atoms with van der Waals surface area (Å²) in [4.78, 5) is 15.9. The van der Waals surface area contributed by atoms with E-state index in [0.29, 0.717) is 12.5 Å². The Bertz CT molecular complexity index is 1540. The van der Waals surface area contributed by atoms with Gasteiger partial charge in [-0.3, -0.25) is 0 Å². The largest absolute Gasteiger partial charge is 0.511 e. The van der Waals surface area contributed by atoms with Gasteiger partial charge in [0, 0.05) is 53.6 Å². The fourth-order valence-electron chi connectivity index (χ4n) is 4.85. The molecule has 0 radical (unpaired) electrons. The minimum absolute atomic E-state index is 0.277. The summed E-state index contributed by atoms with van der Waals surface area (Å²) in [5.41, 5.74) is 5.12. The number of fused-ring (bicyclic) bond motifs is 4. The summed E-state index contributed by atoms with van der Waals surface area (Å²) in [5, 5.41) is 11.4. The van der Waals surface area contributed by atoms with Gasteiger partial charge in [0.05, 0.1) is 17.6 Å². The lowest BCUT2D eigenvalue weighted by Gasteiger charge is -2.10. The normalized spacial score (nSPS) is 13.8. The van der Waals surface area contributed by atoms with E-state index in [0.717, 1.165) is 35.5 Å². The third kappa shape index (κ3) is 3.58. The number of aromatic nitrogens is 3. The first-order chi connectivity index (χ1) is 16.6. The Morgan fingerprint density at radius 2 is 1.79 bits per heavy atom. The Hall–Kier alpha value is -3.84. The van der Waals surface area contributed by atoms with Crippen molar-refractivity contribution < 1.29 is 19.4 Å². The summed E-state index contributed by atoms with van der Waals surface area (Å²) in [5.74, 6) is 1.83. The molecule has 0 saturated heterocycles. The van der Waals surface area contributed by atoms with Crippen molar-refractivity contribution in [2.75, 3.05) is 13.7 Å². The van der Waals surface area contributed by atoms with Crippen molar-refractivity contribution in [2.45, 2.75) is 25.9 Å². The number of rotatable bonds is 7. The highest BCUT2D eigenvalue weighted by molar-refractivity contribution is 6.09. The first kappa shape index (κ1) is 20.7. The third-order valence-corrected chi connectivity index (χ3v) is 6.61. The van der Waals surface area contributed by atoms with Crippen molar-refractivity contribution in [3.05, 3.63) is 60.7 Å². The molecule has 5 aromatic rings. The minimum Gasteiger partial charge on any atom is -0.449 e. The smallest absolute Gasteiger partial charge is 0.449 e. The van der Waals surface area contributed by atoms with Crippen molar-refractivity contribution in [3.8, 4) is 17.1 Å². The molecule has 2 aromatic heterocycles. The molecule has 0 atom stereocenters. The third-order valence-electron chi connectivity index (χ3n) is 6.61. The number of para-hydroxylation sites is 1. The molecule has 0 bridgehead atoms. The molecule has 7 nitrogen and oxygen atoms in total. The molecule has 1 aliphatic rings. The van der Waals surface area contributed by atoms with Crippen LogP contribution in [0, 0.1) is 5.92 Å². The Labute approximate surface area is 196 Å². The average Bonchev–Trinajstić information content (AvgIpc) is 3.51. The lowest BCUT2D eigenvalue weighted by molar-refractivity contribution is 0.144. The second kappa shape index (κ2) is 8.18. The summed E-state index contributed by atoms with van der Waals surface area (Å²) in [6.45, 7) is 2.33. The lowest BCUT2D eigenvalue weighted by atomic mass is 10.1. The molecule has 172 valence electrons. The van der Waals surface area contributed by atoms with Crippen LogP contribution in [0.2, 0.25) is 0 Å². The maximum Gasteiger partial charge on any atom is 0.511 e. The molecule has 0 unspecified atom stereocenters. The Kier molecular flexibility index (Phi) is 4.99. The van der Waals surface area contributed by atoms with Gasteiger partial charge in [-0.15, -0.1) is 0 Å². The van der Waals surface area contributed by atoms with Crippen molar-refractivity contribution in [1.29, 1.82) is 0 Å². The maximum atomic E-state index is 11.0. The van der Waals surface area contributed by atoms with Crippen LogP contribution in [0.3, 0.4) is 0 Å². The van der Waals surface area contributed by atoms with Crippen LogP contribution in [0.15, 0.2) is 60.7 Å². The zero-order valence-electron chi connectivity index (χ0n) is 18.9. The molecule has 1 aliphatic carbocycles. The Morgan fingerprint density at radius 1 is 1.00 bits per heavy atom. The van der Waals surface area contributed by atoms with Crippen molar-refractivity contribution in [2.24, 2.45) is 5.92 Å². The van der Waals surface area contributed by atoms with Crippen LogP contribution in [0.1, 0.15) is 12.8 Å². The molecule has 1 N–H and O–H groups in total. The number of ether oxygens (including phenoxy) is 2. The fraction of sp³-hybridized carbons (Fsp3) is 0.259. The van der Waals surface area contributed by atoms with Crippen molar-refractivity contribution >= 4 is 39.0 Å². The molecule has 1 fully saturated rings. The van der Waals surface area contributed by atoms with Gasteiger partial charge in [-0.1, -0.05) is 18.2 Å². The highest BCUT2D eigenvalue weighted by atomic mass is 16.7. The van der Waals surface area contributed by atoms with Crippen molar-refractivity contribution in [1.82, 2.24) is 14.1 Å². The summed E-state index contributed by atoms with van der Waals surface area (Å²) in [7, 11) is 1.73. The van der Waals surface area contributed by atoms with E-state index >= 15 is 0 Å². The molecular weight excluding hydrogens is 430 g/mol. The van der Waals surface area contributed by atoms with Gasteiger partial charge in [0.2, 0.25) is 0 Å². The first-order valence-electron chi connectivity index (χ1n) is 11.5. The molecule has 6 rings (SSSR count). The summed E-state index contributed by atoms with van der Waals surface area (Å²) in [6.07, 6.45) is 1.13. The number of carboxylic acid groups (broad SMARTS) is 1. The zero-order valence-corrected chi connectivity index (χ0v) is 18.9. The van der Waals surface area contributed by atoms with Gasteiger partial charge in [-0.05, 0) is 55.2 Å². The highest BCUT2D eigenvalue weighted by Crippen LogP contribution is 2.37. The Balaban J connectivity index is 1.52. The molecule has 3 aromatic carbocycles. The van der Waals surface area contributed by atoms with Gasteiger partial charge in [-0.2, -0.15) is 0 Å². The van der Waals surface area contributed by atoms with E-state index in [4.69, 9.17) is 19.6 Å². The second-order valence-corrected chi connectivity index (χ2v) is 8.90. The topological polar surface area (TPSA) is 78.5 Å². The number of hydrogen-bond acceptors (Lipinski definition) is 4. The summed E-state index contributed by atoms with van der Waals surface area (Å²) in [6, 6.07) is 20.3. The molecule has 0 spiro atoms. The molecule has 0 amide bonds. The fourth-order valence-corrected chi connectivity index (χ4v) is 4.85. The van der Waals surface area contributed by atoms with Gasteiger partial charge in [0.25, 0.3) is 0 Å². The van der Waals surface area contributed by atoms with Gasteiger partial charge in [-0.25, -0.2) is 9.78 Å². The minimum atomic E-state index is -1.33. The maximum absolute atomic E-state index is 11.0. The number of hydrogen-bond donors (Lipinski definition) is 1. The standard InChI is InChI=1S/C27H25N3O4/c1-33-13-12-29-23-5-3-2-4-20(23)21-14-18(8-10-24(21)29)26-28-22-15-19(34-27(31)32)9-11-25(22)30(26)16-17-6-7-17/h2-5,8-11,14-15,17H,6-7,12-13,16H2,1H3,(H,31,32). The second-order valence-electron chi connectivity index (χ2n) is 8.90. The molecule has 7 heteroatoms. The van der Waals surface area contributed by atoms with Crippen molar-refractivity contribution in [3.63, 3.8) is 0 Å². The van der Waals surface area contributed by atoms with Crippen LogP contribution in [0.4, 0.5) is 4.79 Å². The van der Waals surface area contributed by atoms with E-state index in [2.05, 4.69) is 51.6 Å². The van der Waals surface area contributed by atoms with Crippen LogP contribution in [0.5, 0.6) is 5.75 Å². The van der Waals surface area contributed by atoms with E-state index in [9.17, 15) is 4.79 Å². The van der Waals surface area contributed by atoms with E-state index in [1.54, 1.807) is 19.2 Å². The van der Waals surface area contributed by atoms with Gasteiger partial charge < -0.3 is 23.7 Å². The molecule has 1 saturated carbocycles. The Morgan fingerprint density at radius 3 is 2.59 bits per heavy atom. The van der Waals surface area contributed by atoms with Gasteiger partial charge in [0.15, 0.2) is 0 Å². The molecular formula is C27H25N3O4. The van der Waals surface area contributed by atoms with Gasteiger partial charge in [0.1, 0.15) is 11.6 Å². The number of imidazole rings is 1. The first-order valence-corrected chi connectivity index (χ1v) is 11.5. The quantitative estimate of drug-likeness (QED) is 0.243. The van der Waals surface area contributed by atoms with E-state index in [1.807, 2.05) is 6.07 Å². The van der Waals surface area contributed by atoms with E-state index in [1.165, 1.54) is 34.6 Å². The predicted octanol–water partition coefficient (Wildman–Crippen LogP) is 5.92. The summed E-state index contributed by atoms with van der Waals surface area (Å²) >= 11 is 0. The number of methoxy groups -OCH3 is 1. The van der Waals surface area contributed by atoms with Crippen LogP contribution in [-0.2, 0) is 17.8 Å². The zero-order chi connectivity index (χ0) is 23.2. The molecule has 0 aliphatic heterocycles. The number of nitrogens with zero attached hydrogens (tertiary/aromatic N) is 3. The van der Waals surface area contributed by atoms with Crippen LogP contribution >= 0.6 is 0 Å². The molecule has 2 heterocycles. The van der Waals surface area contributed by atoms with E-state index < -0.39 is 6.16 Å². The SMILES string of the molecule is COCCn1c2ccccc2c2cc(-c3nc4cc(OC(=O)O)ccc4n3CC3CC3)ccc21. The highest BCUT2D eigenvalue weighted by Gasteiger charge is 2.25. The predicted molar refractivity (Wildman–Crippen MR) is 131 cm³/mol. The monoisotopic (exact) mass is 455 g/mol. The average molecular weight is 456 g/mol.